The van der Waals surface area contributed by atoms with Crippen LogP contribution in [0.1, 0.15) is 316 Å². The van der Waals surface area contributed by atoms with E-state index in [1.165, 1.54) is 186 Å². The lowest BCUT2D eigenvalue weighted by Crippen LogP contribution is -2.30. The van der Waals surface area contributed by atoms with Gasteiger partial charge in [-0.3, -0.25) is 14.4 Å². The molecule has 0 bridgehead atoms. The number of hydrogen-bond acceptors (Lipinski definition) is 6. The largest absolute Gasteiger partial charge is 0.462 e. The number of esters is 3. The zero-order valence-corrected chi connectivity index (χ0v) is 44.9. The van der Waals surface area contributed by atoms with Gasteiger partial charge < -0.3 is 14.2 Å². The van der Waals surface area contributed by atoms with E-state index in [1.54, 1.807) is 0 Å². The molecule has 0 fully saturated rings. The van der Waals surface area contributed by atoms with Gasteiger partial charge in [-0.2, -0.15) is 0 Å². The third kappa shape index (κ3) is 54.4. The normalized spacial score (nSPS) is 12.2. The van der Waals surface area contributed by atoms with Gasteiger partial charge in [-0.25, -0.2) is 0 Å². The Morgan fingerprint density at radius 2 is 0.537 bits per heavy atom. The molecule has 6 heteroatoms. The third-order valence-corrected chi connectivity index (χ3v) is 13.1. The van der Waals surface area contributed by atoms with Crippen molar-refractivity contribution in [2.45, 2.75) is 322 Å². The Balaban J connectivity index is 4.35. The molecule has 0 aromatic heterocycles. The Bertz CT molecular complexity index is 1130. The maximum atomic E-state index is 12.8. The summed E-state index contributed by atoms with van der Waals surface area (Å²) in [4.78, 5) is 38.2. The first-order valence-corrected chi connectivity index (χ1v) is 29.5. The first-order valence-electron chi connectivity index (χ1n) is 29.5. The molecule has 0 saturated heterocycles. The van der Waals surface area contributed by atoms with Crippen molar-refractivity contribution in [2.75, 3.05) is 13.2 Å². The summed E-state index contributed by atoms with van der Waals surface area (Å²) in [6.45, 7) is 6.64. The van der Waals surface area contributed by atoms with Crippen molar-refractivity contribution in [3.63, 3.8) is 0 Å². The Morgan fingerprint density at radius 1 is 0.299 bits per heavy atom. The highest BCUT2D eigenvalue weighted by Gasteiger charge is 2.19. The third-order valence-electron chi connectivity index (χ3n) is 13.1. The van der Waals surface area contributed by atoms with Gasteiger partial charge in [0.05, 0.1) is 0 Å². The number of carbonyl (C=O) groups excluding carboxylic acids is 3. The van der Waals surface area contributed by atoms with Crippen molar-refractivity contribution in [3.8, 4) is 0 Å². The molecule has 0 aromatic carbocycles. The number of hydrogen-bond donors (Lipinski definition) is 0. The van der Waals surface area contributed by atoms with Gasteiger partial charge in [-0.15, -0.1) is 0 Å². The van der Waals surface area contributed by atoms with E-state index in [-0.39, 0.29) is 31.1 Å². The molecule has 0 aliphatic rings. The van der Waals surface area contributed by atoms with Crippen LogP contribution in [-0.2, 0) is 28.6 Å². The quantitative estimate of drug-likeness (QED) is 0.0262. The predicted octanol–water partition coefficient (Wildman–Crippen LogP) is 19.7. The Hall–Kier alpha value is -2.37. The van der Waals surface area contributed by atoms with E-state index in [0.29, 0.717) is 19.3 Å². The number of ether oxygens (including phenoxy) is 3. The summed E-state index contributed by atoms with van der Waals surface area (Å²) in [6, 6.07) is 0. The molecular weight excluding hydrogens is 829 g/mol. The summed E-state index contributed by atoms with van der Waals surface area (Å²) in [7, 11) is 0. The van der Waals surface area contributed by atoms with Crippen molar-refractivity contribution in [3.05, 3.63) is 36.5 Å². The van der Waals surface area contributed by atoms with Crippen molar-refractivity contribution in [1.82, 2.24) is 0 Å². The molecule has 0 aliphatic carbocycles. The number of unbranched alkanes of at least 4 members (excludes halogenated alkanes) is 37. The lowest BCUT2D eigenvalue weighted by atomic mass is 10.0. The molecule has 0 heterocycles. The SMILES string of the molecule is CCCCCC/C=C\C/C=C\CCCCCCCC(=O)OC(COC(=O)CCCCCCC/C=C\CCCCCCC)COC(=O)CCCCCCCCCCCCCCCCCCCCC. The number of allylic oxidation sites excluding steroid dienone is 6. The summed E-state index contributed by atoms with van der Waals surface area (Å²) in [5.41, 5.74) is 0. The van der Waals surface area contributed by atoms with Gasteiger partial charge >= 0.3 is 17.9 Å². The van der Waals surface area contributed by atoms with Crippen LogP contribution in [-0.4, -0.2) is 37.2 Å². The van der Waals surface area contributed by atoms with Crippen LogP contribution in [0, 0.1) is 0 Å². The maximum absolute atomic E-state index is 12.8. The standard InChI is InChI=1S/C61H112O6/c1-4-7-10-13-16-19-22-25-28-30-31-32-34-36-39-42-45-48-51-54-60(63)66-57-58(56-65-59(62)53-50-47-44-41-38-35-27-24-21-18-15-12-9-6-3)67-61(64)55-52-49-46-43-40-37-33-29-26-23-20-17-14-11-8-5-2/h20,23-24,27,29,33,58H,4-19,21-22,25-26,28,30-32,34-57H2,1-3H3/b23-20-,27-24-,33-29-. The molecule has 0 rings (SSSR count). The van der Waals surface area contributed by atoms with Crippen molar-refractivity contribution in [2.24, 2.45) is 0 Å². The molecule has 1 unspecified atom stereocenters. The van der Waals surface area contributed by atoms with Crippen LogP contribution in [0.4, 0.5) is 0 Å². The Kier molecular flexibility index (Phi) is 54.2. The minimum absolute atomic E-state index is 0.0768. The molecule has 1 atom stereocenters. The van der Waals surface area contributed by atoms with Gasteiger partial charge in [-0.05, 0) is 77.0 Å². The first kappa shape index (κ1) is 64.6. The lowest BCUT2D eigenvalue weighted by molar-refractivity contribution is -0.167. The Labute approximate surface area is 416 Å². The fourth-order valence-electron chi connectivity index (χ4n) is 8.65. The van der Waals surface area contributed by atoms with Crippen LogP contribution < -0.4 is 0 Å². The van der Waals surface area contributed by atoms with E-state index in [9.17, 15) is 14.4 Å². The molecule has 0 radical (unpaired) electrons. The van der Waals surface area contributed by atoms with Gasteiger partial charge in [0, 0.05) is 19.3 Å². The van der Waals surface area contributed by atoms with E-state index in [0.717, 1.165) is 89.9 Å². The highest BCUT2D eigenvalue weighted by molar-refractivity contribution is 5.71. The summed E-state index contributed by atoms with van der Waals surface area (Å²) >= 11 is 0. The molecule has 0 spiro atoms. The molecule has 0 amide bonds. The smallest absolute Gasteiger partial charge is 0.306 e. The fraction of sp³-hybridized carbons (Fsp3) is 0.852. The zero-order valence-electron chi connectivity index (χ0n) is 44.9. The fourth-order valence-corrected chi connectivity index (χ4v) is 8.65. The van der Waals surface area contributed by atoms with Gasteiger partial charge in [0.25, 0.3) is 0 Å². The Morgan fingerprint density at radius 3 is 0.851 bits per heavy atom. The van der Waals surface area contributed by atoms with Gasteiger partial charge in [-0.1, -0.05) is 256 Å². The summed E-state index contributed by atoms with van der Waals surface area (Å²) in [5.74, 6) is -0.882. The van der Waals surface area contributed by atoms with Crippen LogP contribution in [0.5, 0.6) is 0 Å². The van der Waals surface area contributed by atoms with Crippen LogP contribution >= 0.6 is 0 Å². The van der Waals surface area contributed by atoms with Gasteiger partial charge in [0.15, 0.2) is 6.10 Å². The summed E-state index contributed by atoms with van der Waals surface area (Å²) in [5, 5.41) is 0. The first-order chi connectivity index (χ1) is 33.0. The minimum Gasteiger partial charge on any atom is -0.462 e. The van der Waals surface area contributed by atoms with E-state index in [1.807, 2.05) is 0 Å². The molecule has 0 aromatic rings. The van der Waals surface area contributed by atoms with Crippen LogP contribution in [0.15, 0.2) is 36.5 Å². The second-order valence-corrected chi connectivity index (χ2v) is 19.9. The van der Waals surface area contributed by atoms with E-state index < -0.39 is 6.10 Å². The highest BCUT2D eigenvalue weighted by atomic mass is 16.6. The predicted molar refractivity (Wildman–Crippen MR) is 289 cm³/mol. The highest BCUT2D eigenvalue weighted by Crippen LogP contribution is 2.17. The summed E-state index contributed by atoms with van der Waals surface area (Å²) < 4.78 is 16.9. The van der Waals surface area contributed by atoms with Crippen molar-refractivity contribution in [1.29, 1.82) is 0 Å². The second-order valence-electron chi connectivity index (χ2n) is 19.9. The average Bonchev–Trinajstić information content (AvgIpc) is 3.33. The van der Waals surface area contributed by atoms with Crippen molar-refractivity contribution >= 4 is 17.9 Å². The molecule has 0 saturated carbocycles. The van der Waals surface area contributed by atoms with E-state index >= 15 is 0 Å². The van der Waals surface area contributed by atoms with Gasteiger partial charge in [0.2, 0.25) is 0 Å². The monoisotopic (exact) mass is 941 g/mol. The topological polar surface area (TPSA) is 78.9 Å². The maximum Gasteiger partial charge on any atom is 0.306 e. The lowest BCUT2D eigenvalue weighted by Gasteiger charge is -2.18. The molecule has 0 aliphatic heterocycles. The average molecular weight is 942 g/mol. The minimum atomic E-state index is -0.780. The zero-order chi connectivity index (χ0) is 48.6. The van der Waals surface area contributed by atoms with Crippen LogP contribution in [0.25, 0.3) is 0 Å². The van der Waals surface area contributed by atoms with Crippen LogP contribution in [0.2, 0.25) is 0 Å². The molecule has 6 nitrogen and oxygen atoms in total. The molecular formula is C61H112O6. The van der Waals surface area contributed by atoms with E-state index in [4.69, 9.17) is 14.2 Å². The number of carbonyl (C=O) groups is 3. The number of rotatable bonds is 54. The molecule has 67 heavy (non-hydrogen) atoms. The van der Waals surface area contributed by atoms with Gasteiger partial charge in [0.1, 0.15) is 13.2 Å². The molecule has 0 N–H and O–H groups in total. The second kappa shape index (κ2) is 56.2. The molecule has 392 valence electrons. The van der Waals surface area contributed by atoms with Crippen LogP contribution in [0.3, 0.4) is 0 Å². The summed E-state index contributed by atoms with van der Waals surface area (Å²) in [6.07, 6.45) is 67.0. The van der Waals surface area contributed by atoms with Crippen molar-refractivity contribution < 1.29 is 28.6 Å². The van der Waals surface area contributed by atoms with E-state index in [2.05, 4.69) is 57.2 Å².